The molecule has 2 N–H and O–H groups in total. The first-order chi connectivity index (χ1) is 8.50. The molecule has 1 aromatic carbocycles. The Kier molecular flexibility index (Phi) is 3.01. The molecule has 3 amide bonds. The Morgan fingerprint density at radius 3 is 2.67 bits per heavy atom. The number of rotatable bonds is 3. The number of carboxylic acid groups (broad SMARTS) is 1. The molecule has 6 heteroatoms. The van der Waals surface area contributed by atoms with Crippen molar-refractivity contribution in [3.8, 4) is 0 Å². The summed E-state index contributed by atoms with van der Waals surface area (Å²) in [5.41, 5.74) is 1.55. The summed E-state index contributed by atoms with van der Waals surface area (Å²) in [7, 11) is 0. The van der Waals surface area contributed by atoms with Crippen LogP contribution in [-0.2, 0) is 9.59 Å². The molecule has 1 atom stereocenters. The molecule has 0 unspecified atom stereocenters. The first-order valence-electron chi connectivity index (χ1n) is 5.40. The van der Waals surface area contributed by atoms with Gasteiger partial charge in [-0.3, -0.25) is 14.5 Å². The Morgan fingerprint density at radius 2 is 2.06 bits per heavy atom. The summed E-state index contributed by atoms with van der Waals surface area (Å²) < 4.78 is 0. The molecule has 0 aliphatic carbocycles. The van der Waals surface area contributed by atoms with Crippen LogP contribution in [0.5, 0.6) is 0 Å². The predicted molar refractivity (Wildman–Crippen MR) is 61.8 cm³/mol. The van der Waals surface area contributed by atoms with E-state index in [0.717, 1.165) is 5.56 Å². The smallest absolute Gasteiger partial charge is 0.325 e. The van der Waals surface area contributed by atoms with Gasteiger partial charge in [-0.1, -0.05) is 24.3 Å². The third-order valence-electron chi connectivity index (χ3n) is 2.82. The molecule has 0 bridgehead atoms. The molecule has 2 rings (SSSR count). The lowest BCUT2D eigenvalue weighted by Gasteiger charge is -2.12. The maximum absolute atomic E-state index is 12.0. The second kappa shape index (κ2) is 4.48. The fraction of sp³-hybridized carbons (Fsp3) is 0.250. The summed E-state index contributed by atoms with van der Waals surface area (Å²) >= 11 is 0. The van der Waals surface area contributed by atoms with Gasteiger partial charge >= 0.3 is 12.0 Å². The molecule has 1 aromatic rings. The van der Waals surface area contributed by atoms with Crippen molar-refractivity contribution >= 4 is 17.9 Å². The third-order valence-corrected chi connectivity index (χ3v) is 2.82. The van der Waals surface area contributed by atoms with E-state index in [-0.39, 0.29) is 0 Å². The molecule has 1 fully saturated rings. The minimum absolute atomic E-state index is 0.531. The highest BCUT2D eigenvalue weighted by Crippen LogP contribution is 2.24. The molecular formula is C12H12N2O4. The summed E-state index contributed by atoms with van der Waals surface area (Å²) in [5.74, 6) is -1.75. The minimum atomic E-state index is -1.22. The van der Waals surface area contributed by atoms with Gasteiger partial charge in [0.15, 0.2) is 0 Å². The molecular weight excluding hydrogens is 236 g/mol. The van der Waals surface area contributed by atoms with E-state index < -0.39 is 30.5 Å². The van der Waals surface area contributed by atoms with Gasteiger partial charge in [-0.15, -0.1) is 0 Å². The number of imide groups is 1. The van der Waals surface area contributed by atoms with Crippen LogP contribution in [0.3, 0.4) is 0 Å². The van der Waals surface area contributed by atoms with Crippen molar-refractivity contribution in [1.29, 1.82) is 0 Å². The number of hydrogen-bond acceptors (Lipinski definition) is 3. The van der Waals surface area contributed by atoms with E-state index in [1.165, 1.54) is 0 Å². The molecule has 94 valence electrons. The number of nitrogens with zero attached hydrogens (tertiary/aromatic N) is 1. The minimum Gasteiger partial charge on any atom is -0.480 e. The van der Waals surface area contributed by atoms with Crippen molar-refractivity contribution in [2.24, 2.45) is 0 Å². The van der Waals surface area contributed by atoms with E-state index in [4.69, 9.17) is 5.11 Å². The van der Waals surface area contributed by atoms with Gasteiger partial charge < -0.3 is 10.4 Å². The van der Waals surface area contributed by atoms with Crippen LogP contribution >= 0.6 is 0 Å². The average molecular weight is 248 g/mol. The average Bonchev–Trinajstić information content (AvgIpc) is 2.57. The first kappa shape index (κ1) is 12.1. The highest BCUT2D eigenvalue weighted by molar-refractivity contribution is 6.06. The normalized spacial score (nSPS) is 18.9. The van der Waals surface area contributed by atoms with E-state index >= 15 is 0 Å². The van der Waals surface area contributed by atoms with Gasteiger partial charge in [0.1, 0.15) is 12.6 Å². The van der Waals surface area contributed by atoms with Crippen molar-refractivity contribution in [2.75, 3.05) is 6.54 Å². The molecule has 0 radical (unpaired) electrons. The van der Waals surface area contributed by atoms with Gasteiger partial charge in [-0.05, 0) is 18.1 Å². The number of aliphatic carboxylic acids is 1. The van der Waals surface area contributed by atoms with Gasteiger partial charge in [0.2, 0.25) is 0 Å². The second-order valence-corrected chi connectivity index (χ2v) is 4.06. The topological polar surface area (TPSA) is 86.7 Å². The number of nitrogens with one attached hydrogen (secondary N) is 1. The van der Waals surface area contributed by atoms with Crippen LogP contribution in [0, 0.1) is 6.92 Å². The van der Waals surface area contributed by atoms with E-state index in [1.54, 1.807) is 12.1 Å². The quantitative estimate of drug-likeness (QED) is 0.770. The zero-order valence-electron chi connectivity index (χ0n) is 9.71. The van der Waals surface area contributed by atoms with Crippen molar-refractivity contribution in [2.45, 2.75) is 13.0 Å². The number of carbonyl (C=O) groups excluding carboxylic acids is 2. The maximum Gasteiger partial charge on any atom is 0.325 e. The lowest BCUT2D eigenvalue weighted by Crippen LogP contribution is -2.35. The summed E-state index contributed by atoms with van der Waals surface area (Å²) in [5, 5.41) is 11.1. The lowest BCUT2D eigenvalue weighted by atomic mass is 10.0. The number of carboxylic acids is 1. The third kappa shape index (κ3) is 2.04. The highest BCUT2D eigenvalue weighted by Gasteiger charge is 2.40. The Hall–Kier alpha value is -2.37. The van der Waals surface area contributed by atoms with Gasteiger partial charge in [0, 0.05) is 0 Å². The highest BCUT2D eigenvalue weighted by atomic mass is 16.4. The molecule has 1 heterocycles. The molecule has 1 aliphatic rings. The van der Waals surface area contributed by atoms with E-state index in [2.05, 4.69) is 5.32 Å². The van der Waals surface area contributed by atoms with Crippen molar-refractivity contribution in [3.05, 3.63) is 35.4 Å². The van der Waals surface area contributed by atoms with Gasteiger partial charge in [-0.25, -0.2) is 4.79 Å². The number of carbonyl (C=O) groups is 3. The Morgan fingerprint density at radius 1 is 1.39 bits per heavy atom. The largest absolute Gasteiger partial charge is 0.480 e. The van der Waals surface area contributed by atoms with Gasteiger partial charge in [0.05, 0.1) is 0 Å². The van der Waals surface area contributed by atoms with Gasteiger partial charge in [0.25, 0.3) is 5.91 Å². The van der Waals surface area contributed by atoms with Crippen molar-refractivity contribution in [1.82, 2.24) is 10.2 Å². The molecule has 0 spiro atoms. The van der Waals surface area contributed by atoms with E-state index in [1.807, 2.05) is 19.1 Å². The van der Waals surface area contributed by atoms with Crippen LogP contribution in [0.4, 0.5) is 4.79 Å². The fourth-order valence-electron chi connectivity index (χ4n) is 1.93. The van der Waals surface area contributed by atoms with Crippen molar-refractivity contribution in [3.63, 3.8) is 0 Å². The van der Waals surface area contributed by atoms with Crippen LogP contribution in [0.2, 0.25) is 0 Å². The second-order valence-electron chi connectivity index (χ2n) is 4.06. The van der Waals surface area contributed by atoms with Gasteiger partial charge in [-0.2, -0.15) is 0 Å². The lowest BCUT2D eigenvalue weighted by molar-refractivity contribution is -0.141. The van der Waals surface area contributed by atoms with E-state index in [0.29, 0.717) is 10.5 Å². The zero-order chi connectivity index (χ0) is 13.3. The molecule has 0 aromatic heterocycles. The Balaban J connectivity index is 2.28. The van der Waals surface area contributed by atoms with Crippen LogP contribution in [0.1, 0.15) is 17.2 Å². The summed E-state index contributed by atoms with van der Waals surface area (Å²) in [4.78, 5) is 34.8. The number of aryl methyl sites for hydroxylation is 1. The number of benzene rings is 1. The summed E-state index contributed by atoms with van der Waals surface area (Å²) in [6.07, 6.45) is 0. The van der Waals surface area contributed by atoms with Crippen molar-refractivity contribution < 1.29 is 19.5 Å². The summed E-state index contributed by atoms with van der Waals surface area (Å²) in [6.45, 7) is 1.21. The molecule has 1 saturated heterocycles. The zero-order valence-corrected chi connectivity index (χ0v) is 9.71. The molecule has 6 nitrogen and oxygen atoms in total. The molecule has 0 saturated carbocycles. The Labute approximate surface area is 103 Å². The predicted octanol–water partition coefficient (Wildman–Crippen LogP) is 0.673. The monoisotopic (exact) mass is 248 g/mol. The van der Waals surface area contributed by atoms with Crippen LogP contribution in [0.25, 0.3) is 0 Å². The number of urea groups is 1. The fourth-order valence-corrected chi connectivity index (χ4v) is 1.93. The standard InChI is InChI=1S/C12H12N2O4/c1-7-4-2-3-5-8(7)10-11(17)14(6-9(15)16)12(18)13-10/h2-5,10H,6H2,1H3,(H,13,18)(H,15,16)/t10-/m0/s1. The first-order valence-corrected chi connectivity index (χ1v) is 5.40. The number of amides is 3. The van der Waals surface area contributed by atoms with Crippen LogP contribution in [0.15, 0.2) is 24.3 Å². The van der Waals surface area contributed by atoms with Crippen LogP contribution in [-0.4, -0.2) is 34.5 Å². The van der Waals surface area contributed by atoms with Crippen LogP contribution < -0.4 is 5.32 Å². The maximum atomic E-state index is 12.0. The molecule has 1 aliphatic heterocycles. The van der Waals surface area contributed by atoms with E-state index in [9.17, 15) is 14.4 Å². The number of hydrogen-bond donors (Lipinski definition) is 2. The molecule has 18 heavy (non-hydrogen) atoms. The Bertz CT molecular complexity index is 527. The SMILES string of the molecule is Cc1ccccc1[C@@H]1NC(=O)N(CC(=O)O)C1=O. The summed E-state index contributed by atoms with van der Waals surface area (Å²) in [6, 6.07) is 5.70.